The monoisotopic (exact) mass is 308 g/mol. The molecule has 2 aromatic rings. The molecule has 21 heavy (non-hydrogen) atoms. The minimum absolute atomic E-state index is 0.0763. The maximum Gasteiger partial charge on any atom is 0.270 e. The average molecular weight is 309 g/mol. The zero-order chi connectivity index (χ0) is 15.6. The number of hydrogen-bond acceptors (Lipinski definition) is 4. The van der Waals surface area contributed by atoms with Crippen LogP contribution in [0.2, 0.25) is 5.02 Å². The van der Waals surface area contributed by atoms with Gasteiger partial charge in [0.15, 0.2) is 0 Å². The van der Waals surface area contributed by atoms with Crippen LogP contribution in [-0.2, 0) is 13.6 Å². The lowest BCUT2D eigenvalue weighted by Crippen LogP contribution is -2.23. The van der Waals surface area contributed by atoms with Crippen molar-refractivity contribution in [2.75, 3.05) is 0 Å². The summed E-state index contributed by atoms with van der Waals surface area (Å²) in [6.45, 7) is 2.11. The first-order valence-electron chi connectivity index (χ1n) is 6.09. The van der Waals surface area contributed by atoms with Crippen molar-refractivity contribution in [1.29, 1.82) is 0 Å². The van der Waals surface area contributed by atoms with E-state index in [4.69, 9.17) is 11.6 Å². The van der Waals surface area contributed by atoms with E-state index in [9.17, 15) is 14.9 Å². The number of benzene rings is 1. The molecule has 0 aliphatic carbocycles. The summed E-state index contributed by atoms with van der Waals surface area (Å²) in [6, 6.07) is 3.75. The van der Waals surface area contributed by atoms with Crippen molar-refractivity contribution in [2.24, 2.45) is 7.05 Å². The zero-order valence-corrected chi connectivity index (χ0v) is 12.2. The number of aromatic nitrogens is 2. The van der Waals surface area contributed by atoms with Crippen LogP contribution in [-0.4, -0.2) is 20.6 Å². The summed E-state index contributed by atoms with van der Waals surface area (Å²) in [5.74, 6) is -0.466. The maximum atomic E-state index is 12.1. The third kappa shape index (κ3) is 3.38. The van der Waals surface area contributed by atoms with Crippen molar-refractivity contribution in [3.8, 4) is 0 Å². The zero-order valence-electron chi connectivity index (χ0n) is 11.5. The van der Waals surface area contributed by atoms with Gasteiger partial charge in [0.1, 0.15) is 0 Å². The summed E-state index contributed by atoms with van der Waals surface area (Å²) >= 11 is 5.91. The van der Waals surface area contributed by atoms with E-state index in [2.05, 4.69) is 10.4 Å². The summed E-state index contributed by atoms with van der Waals surface area (Å²) in [6.07, 6.45) is 1.80. The van der Waals surface area contributed by atoms with Crippen LogP contribution in [0.25, 0.3) is 0 Å². The molecule has 0 atom stereocenters. The van der Waals surface area contributed by atoms with Crippen LogP contribution in [0.4, 0.5) is 5.69 Å². The number of nitro groups is 1. The molecule has 1 heterocycles. The van der Waals surface area contributed by atoms with Crippen LogP contribution in [0.3, 0.4) is 0 Å². The van der Waals surface area contributed by atoms with Gasteiger partial charge in [-0.3, -0.25) is 19.6 Å². The summed E-state index contributed by atoms with van der Waals surface area (Å²) in [5.41, 5.74) is 1.57. The van der Waals surface area contributed by atoms with Gasteiger partial charge in [0, 0.05) is 37.5 Å². The van der Waals surface area contributed by atoms with E-state index in [-0.39, 0.29) is 22.8 Å². The number of non-ortho nitro benzene ring substituents is 1. The number of nitrogens with zero attached hydrogens (tertiary/aromatic N) is 3. The van der Waals surface area contributed by atoms with Crippen molar-refractivity contribution in [3.05, 3.63) is 56.4 Å². The largest absolute Gasteiger partial charge is 0.348 e. The Morgan fingerprint density at radius 1 is 1.52 bits per heavy atom. The van der Waals surface area contributed by atoms with Crippen LogP contribution >= 0.6 is 11.6 Å². The minimum atomic E-state index is -0.571. The quantitative estimate of drug-likeness (QED) is 0.692. The number of carbonyl (C=O) groups excluding carboxylic acids is 1. The summed E-state index contributed by atoms with van der Waals surface area (Å²) in [7, 11) is 1.79. The molecule has 110 valence electrons. The molecule has 1 amide bonds. The van der Waals surface area contributed by atoms with Gasteiger partial charge in [-0.2, -0.15) is 5.10 Å². The minimum Gasteiger partial charge on any atom is -0.348 e. The van der Waals surface area contributed by atoms with Gasteiger partial charge in [-0.05, 0) is 13.0 Å². The topological polar surface area (TPSA) is 90.1 Å². The molecule has 0 spiro atoms. The first-order valence-corrected chi connectivity index (χ1v) is 6.47. The highest BCUT2D eigenvalue weighted by molar-refractivity contribution is 6.33. The van der Waals surface area contributed by atoms with Crippen LogP contribution in [0.5, 0.6) is 0 Å². The molecule has 1 aromatic carbocycles. The Balaban J connectivity index is 2.15. The Bertz CT molecular complexity index is 711. The van der Waals surface area contributed by atoms with E-state index in [1.165, 1.54) is 12.1 Å². The summed E-state index contributed by atoms with van der Waals surface area (Å²) in [5, 5.41) is 17.7. The summed E-state index contributed by atoms with van der Waals surface area (Å²) < 4.78 is 1.65. The molecule has 0 fully saturated rings. The summed E-state index contributed by atoms with van der Waals surface area (Å²) in [4.78, 5) is 22.2. The normalized spacial score (nSPS) is 10.4. The van der Waals surface area contributed by atoms with Crippen molar-refractivity contribution in [2.45, 2.75) is 13.5 Å². The van der Waals surface area contributed by atoms with Crippen molar-refractivity contribution >= 4 is 23.2 Å². The van der Waals surface area contributed by atoms with Gasteiger partial charge < -0.3 is 5.32 Å². The van der Waals surface area contributed by atoms with Crippen molar-refractivity contribution in [3.63, 3.8) is 0 Å². The van der Waals surface area contributed by atoms with Crippen LogP contribution in [0.15, 0.2) is 24.4 Å². The predicted octanol–water partition coefficient (Wildman–Crippen LogP) is 2.22. The van der Waals surface area contributed by atoms with Gasteiger partial charge in [0.25, 0.3) is 11.6 Å². The lowest BCUT2D eigenvalue weighted by atomic mass is 10.2. The van der Waals surface area contributed by atoms with Gasteiger partial charge in [-0.1, -0.05) is 11.6 Å². The van der Waals surface area contributed by atoms with E-state index in [1.807, 2.05) is 6.92 Å². The van der Waals surface area contributed by atoms with E-state index < -0.39 is 10.8 Å². The molecule has 1 aromatic heterocycles. The molecule has 0 unspecified atom stereocenters. The van der Waals surface area contributed by atoms with E-state index in [1.54, 1.807) is 17.9 Å². The molecule has 0 bridgehead atoms. The van der Waals surface area contributed by atoms with E-state index in [0.717, 1.165) is 17.3 Å². The van der Waals surface area contributed by atoms with Gasteiger partial charge in [-0.15, -0.1) is 0 Å². The number of nitrogens with one attached hydrogen (secondary N) is 1. The number of amides is 1. The number of rotatable bonds is 4. The van der Waals surface area contributed by atoms with Gasteiger partial charge >= 0.3 is 0 Å². The molecule has 7 nitrogen and oxygen atoms in total. The van der Waals surface area contributed by atoms with E-state index in [0.29, 0.717) is 0 Å². The Hall–Kier alpha value is -2.41. The Kier molecular flexibility index (Phi) is 4.23. The van der Waals surface area contributed by atoms with Gasteiger partial charge in [-0.25, -0.2) is 0 Å². The second-order valence-electron chi connectivity index (χ2n) is 4.52. The van der Waals surface area contributed by atoms with Crippen LogP contribution in [0, 0.1) is 17.0 Å². The standard InChI is InChI=1S/C13H13ClN4O3/c1-8-9(7-17(2)16-8)6-15-13(19)11-5-10(18(20)21)3-4-12(11)14/h3-5,7H,6H2,1-2H3,(H,15,19). The molecule has 0 aliphatic heterocycles. The number of hydrogen-bond donors (Lipinski definition) is 1. The van der Waals surface area contributed by atoms with Crippen molar-refractivity contribution < 1.29 is 9.72 Å². The number of nitro benzene ring substituents is 1. The molecule has 0 saturated heterocycles. The van der Waals surface area contributed by atoms with Gasteiger partial charge in [0.05, 0.1) is 21.2 Å². The Labute approximate surface area is 125 Å². The second kappa shape index (κ2) is 5.92. The first-order chi connectivity index (χ1) is 9.88. The third-order valence-corrected chi connectivity index (χ3v) is 3.29. The first kappa shape index (κ1) is 15.0. The fourth-order valence-corrected chi connectivity index (χ4v) is 2.10. The molecule has 1 N–H and O–H groups in total. The highest BCUT2D eigenvalue weighted by Gasteiger charge is 2.16. The molecule has 0 radical (unpaired) electrons. The Morgan fingerprint density at radius 2 is 2.24 bits per heavy atom. The molecule has 0 saturated carbocycles. The Morgan fingerprint density at radius 3 is 2.81 bits per heavy atom. The third-order valence-electron chi connectivity index (χ3n) is 2.96. The molecule has 0 aliphatic rings. The lowest BCUT2D eigenvalue weighted by Gasteiger charge is -2.06. The highest BCUT2D eigenvalue weighted by atomic mass is 35.5. The van der Waals surface area contributed by atoms with Crippen LogP contribution in [0.1, 0.15) is 21.6 Å². The smallest absolute Gasteiger partial charge is 0.270 e. The average Bonchev–Trinajstić information content (AvgIpc) is 2.74. The molecule has 2 rings (SSSR count). The molecular formula is C13H13ClN4O3. The van der Waals surface area contributed by atoms with Gasteiger partial charge in [0.2, 0.25) is 0 Å². The lowest BCUT2D eigenvalue weighted by molar-refractivity contribution is -0.384. The highest BCUT2D eigenvalue weighted by Crippen LogP contribution is 2.22. The van der Waals surface area contributed by atoms with E-state index >= 15 is 0 Å². The predicted molar refractivity (Wildman–Crippen MR) is 77.2 cm³/mol. The number of carbonyl (C=O) groups is 1. The number of aryl methyl sites for hydroxylation is 2. The maximum absolute atomic E-state index is 12.1. The SMILES string of the molecule is Cc1nn(C)cc1CNC(=O)c1cc([N+](=O)[O-])ccc1Cl. The molecular weight excluding hydrogens is 296 g/mol. The van der Waals surface area contributed by atoms with Crippen LogP contribution < -0.4 is 5.32 Å². The number of halogens is 1. The fraction of sp³-hybridized carbons (Fsp3) is 0.231. The second-order valence-corrected chi connectivity index (χ2v) is 4.92. The fourth-order valence-electron chi connectivity index (χ4n) is 1.89. The van der Waals surface area contributed by atoms with Crippen molar-refractivity contribution in [1.82, 2.24) is 15.1 Å². The molecule has 8 heteroatoms.